The molecular formula is C12H13BrClN3O. The van der Waals surface area contributed by atoms with Gasteiger partial charge >= 0.3 is 0 Å². The second-order valence-corrected chi connectivity index (χ2v) is 5.17. The fraction of sp³-hybridized carbons (Fsp3) is 0.333. The van der Waals surface area contributed by atoms with E-state index in [2.05, 4.69) is 31.4 Å². The summed E-state index contributed by atoms with van der Waals surface area (Å²) >= 11 is 3.43. The zero-order valence-electron chi connectivity index (χ0n) is 9.60. The molecule has 18 heavy (non-hydrogen) atoms. The van der Waals surface area contributed by atoms with Gasteiger partial charge in [0.2, 0.25) is 11.7 Å². The molecule has 0 aliphatic carbocycles. The van der Waals surface area contributed by atoms with Gasteiger partial charge in [0.25, 0.3) is 0 Å². The van der Waals surface area contributed by atoms with Gasteiger partial charge in [0.15, 0.2) is 0 Å². The molecule has 3 rings (SSSR count). The van der Waals surface area contributed by atoms with Gasteiger partial charge in [0, 0.05) is 16.5 Å². The highest BCUT2D eigenvalue weighted by atomic mass is 79.9. The van der Waals surface area contributed by atoms with Gasteiger partial charge in [-0.25, -0.2) is 0 Å². The van der Waals surface area contributed by atoms with Crippen molar-refractivity contribution in [3.8, 4) is 11.4 Å². The van der Waals surface area contributed by atoms with Crippen molar-refractivity contribution in [2.75, 3.05) is 13.1 Å². The van der Waals surface area contributed by atoms with Crippen molar-refractivity contribution in [3.63, 3.8) is 0 Å². The predicted octanol–water partition coefficient (Wildman–Crippen LogP) is 2.68. The molecule has 1 aliphatic rings. The van der Waals surface area contributed by atoms with Crippen molar-refractivity contribution >= 4 is 28.3 Å². The molecule has 1 aliphatic heterocycles. The maximum atomic E-state index is 5.26. The third-order valence-electron chi connectivity index (χ3n) is 2.88. The highest BCUT2D eigenvalue weighted by Crippen LogP contribution is 2.21. The average molecular weight is 331 g/mol. The van der Waals surface area contributed by atoms with E-state index in [0.29, 0.717) is 11.7 Å². The van der Waals surface area contributed by atoms with Gasteiger partial charge in [-0.3, -0.25) is 0 Å². The van der Waals surface area contributed by atoms with E-state index in [9.17, 15) is 0 Å². The number of nitrogens with one attached hydrogen (secondary N) is 1. The topological polar surface area (TPSA) is 51.0 Å². The van der Waals surface area contributed by atoms with Crippen LogP contribution in [0.1, 0.15) is 5.89 Å². The fourth-order valence-corrected chi connectivity index (χ4v) is 2.22. The zero-order chi connectivity index (χ0) is 11.7. The van der Waals surface area contributed by atoms with Gasteiger partial charge < -0.3 is 9.84 Å². The normalized spacial score (nSPS) is 14.9. The summed E-state index contributed by atoms with van der Waals surface area (Å²) in [5.74, 6) is 2.03. The summed E-state index contributed by atoms with van der Waals surface area (Å²) in [6.45, 7) is 2.10. The molecule has 0 unspecified atom stereocenters. The van der Waals surface area contributed by atoms with Crippen molar-refractivity contribution in [1.82, 2.24) is 15.5 Å². The first kappa shape index (κ1) is 13.5. The Labute approximate surface area is 120 Å². The van der Waals surface area contributed by atoms with Crippen molar-refractivity contribution in [1.29, 1.82) is 0 Å². The van der Waals surface area contributed by atoms with Crippen molar-refractivity contribution in [2.24, 2.45) is 5.92 Å². The second-order valence-electron chi connectivity index (χ2n) is 4.25. The van der Waals surface area contributed by atoms with Crippen LogP contribution in [0.2, 0.25) is 0 Å². The summed E-state index contributed by atoms with van der Waals surface area (Å²) in [6, 6.07) is 7.90. The maximum absolute atomic E-state index is 5.26. The SMILES string of the molecule is Brc1cccc(-c2noc(CC3CNC3)n2)c1.Cl. The minimum Gasteiger partial charge on any atom is -0.339 e. The van der Waals surface area contributed by atoms with Gasteiger partial charge in [0.1, 0.15) is 0 Å². The van der Waals surface area contributed by atoms with E-state index in [1.807, 2.05) is 24.3 Å². The molecule has 1 fully saturated rings. The van der Waals surface area contributed by atoms with E-state index in [4.69, 9.17) is 4.52 Å². The van der Waals surface area contributed by atoms with Crippen molar-refractivity contribution in [3.05, 3.63) is 34.6 Å². The molecule has 1 N–H and O–H groups in total. The summed E-state index contributed by atoms with van der Waals surface area (Å²) in [5, 5.41) is 7.24. The Morgan fingerprint density at radius 3 is 2.89 bits per heavy atom. The van der Waals surface area contributed by atoms with E-state index < -0.39 is 0 Å². The molecule has 2 heterocycles. The van der Waals surface area contributed by atoms with Crippen LogP contribution in [0, 0.1) is 5.92 Å². The van der Waals surface area contributed by atoms with Crippen molar-refractivity contribution < 1.29 is 4.52 Å². The number of aromatic nitrogens is 2. The van der Waals surface area contributed by atoms with Gasteiger partial charge in [-0.1, -0.05) is 33.2 Å². The number of hydrogen-bond donors (Lipinski definition) is 1. The Morgan fingerprint density at radius 2 is 2.22 bits per heavy atom. The lowest BCUT2D eigenvalue weighted by Crippen LogP contribution is -2.43. The number of hydrogen-bond acceptors (Lipinski definition) is 4. The molecule has 0 bridgehead atoms. The lowest BCUT2D eigenvalue weighted by atomic mass is 10.00. The van der Waals surface area contributed by atoms with Crippen LogP contribution < -0.4 is 5.32 Å². The summed E-state index contributed by atoms with van der Waals surface area (Å²) in [4.78, 5) is 4.42. The monoisotopic (exact) mass is 329 g/mol. The van der Waals surface area contributed by atoms with E-state index in [1.165, 1.54) is 0 Å². The van der Waals surface area contributed by atoms with Crippen LogP contribution in [0.3, 0.4) is 0 Å². The Hall–Kier alpha value is -0.910. The highest BCUT2D eigenvalue weighted by Gasteiger charge is 2.20. The van der Waals surface area contributed by atoms with E-state index in [-0.39, 0.29) is 12.4 Å². The average Bonchev–Trinajstić information content (AvgIpc) is 2.72. The first-order valence-electron chi connectivity index (χ1n) is 5.60. The molecule has 0 radical (unpaired) electrons. The minimum atomic E-state index is 0. The molecule has 2 aromatic rings. The third-order valence-corrected chi connectivity index (χ3v) is 3.37. The lowest BCUT2D eigenvalue weighted by molar-refractivity contribution is 0.296. The molecule has 0 saturated carbocycles. The van der Waals surface area contributed by atoms with Crippen LogP contribution in [0.4, 0.5) is 0 Å². The van der Waals surface area contributed by atoms with E-state index >= 15 is 0 Å². The Bertz CT molecular complexity index is 528. The summed E-state index contributed by atoms with van der Waals surface area (Å²) in [6.07, 6.45) is 0.869. The van der Waals surface area contributed by atoms with E-state index in [1.54, 1.807) is 0 Å². The largest absolute Gasteiger partial charge is 0.339 e. The first-order valence-corrected chi connectivity index (χ1v) is 6.40. The van der Waals surface area contributed by atoms with Crippen molar-refractivity contribution in [2.45, 2.75) is 6.42 Å². The molecule has 1 saturated heterocycles. The molecule has 4 nitrogen and oxygen atoms in total. The van der Waals surface area contributed by atoms with Crippen LogP contribution in [0.5, 0.6) is 0 Å². The third kappa shape index (κ3) is 2.91. The molecule has 96 valence electrons. The Morgan fingerprint density at radius 1 is 1.39 bits per heavy atom. The van der Waals surface area contributed by atoms with Crippen LogP contribution in [0.25, 0.3) is 11.4 Å². The number of halogens is 2. The van der Waals surface area contributed by atoms with Gasteiger partial charge in [-0.15, -0.1) is 12.4 Å². The standard InChI is InChI=1S/C12H12BrN3O.ClH/c13-10-3-1-2-9(5-10)12-15-11(17-16-12)4-8-6-14-7-8;/h1-3,5,8,14H,4,6-7H2;1H. The summed E-state index contributed by atoms with van der Waals surface area (Å²) < 4.78 is 6.28. The summed E-state index contributed by atoms with van der Waals surface area (Å²) in [5.41, 5.74) is 0.973. The lowest BCUT2D eigenvalue weighted by Gasteiger charge is -2.25. The number of benzene rings is 1. The molecule has 0 spiro atoms. The van der Waals surface area contributed by atoms with Crippen LogP contribution >= 0.6 is 28.3 Å². The Kier molecular flexibility index (Phi) is 4.37. The summed E-state index contributed by atoms with van der Waals surface area (Å²) in [7, 11) is 0. The van der Waals surface area contributed by atoms with Crippen LogP contribution in [-0.4, -0.2) is 23.2 Å². The molecule has 0 atom stereocenters. The Balaban J connectivity index is 0.00000120. The van der Waals surface area contributed by atoms with Gasteiger partial charge in [0.05, 0.1) is 0 Å². The first-order chi connectivity index (χ1) is 8.31. The fourth-order valence-electron chi connectivity index (χ4n) is 1.82. The molecule has 1 aromatic heterocycles. The molecular weight excluding hydrogens is 318 g/mol. The predicted molar refractivity (Wildman–Crippen MR) is 74.7 cm³/mol. The second kappa shape index (κ2) is 5.82. The van der Waals surface area contributed by atoms with Gasteiger partial charge in [-0.2, -0.15) is 4.98 Å². The quantitative estimate of drug-likeness (QED) is 0.940. The number of rotatable bonds is 3. The minimum absolute atomic E-state index is 0. The number of nitrogens with zero attached hydrogens (tertiary/aromatic N) is 2. The van der Waals surface area contributed by atoms with Crippen LogP contribution in [0.15, 0.2) is 33.3 Å². The van der Waals surface area contributed by atoms with E-state index in [0.717, 1.165) is 35.4 Å². The zero-order valence-corrected chi connectivity index (χ0v) is 12.0. The van der Waals surface area contributed by atoms with Gasteiger partial charge in [-0.05, 0) is 31.1 Å². The smallest absolute Gasteiger partial charge is 0.227 e. The maximum Gasteiger partial charge on any atom is 0.227 e. The van der Waals surface area contributed by atoms with Crippen LogP contribution in [-0.2, 0) is 6.42 Å². The molecule has 0 amide bonds. The molecule has 6 heteroatoms. The highest BCUT2D eigenvalue weighted by molar-refractivity contribution is 9.10. The molecule has 1 aromatic carbocycles.